The highest BCUT2D eigenvalue weighted by atomic mass is 35.5. The van der Waals surface area contributed by atoms with Crippen molar-refractivity contribution in [2.24, 2.45) is 17.6 Å². The summed E-state index contributed by atoms with van der Waals surface area (Å²) >= 11 is 6.25. The third-order valence-electron chi connectivity index (χ3n) is 4.22. The van der Waals surface area contributed by atoms with E-state index in [0.29, 0.717) is 5.92 Å². The molecule has 1 aromatic carbocycles. The predicted octanol–water partition coefficient (Wildman–Crippen LogP) is 4.56. The van der Waals surface area contributed by atoms with Crippen LogP contribution in [0.1, 0.15) is 50.6 Å². The summed E-state index contributed by atoms with van der Waals surface area (Å²) in [6.45, 7) is 2.28. The molecule has 1 aliphatic rings. The minimum Gasteiger partial charge on any atom is -0.324 e. The average Bonchev–Trinajstić information content (AvgIpc) is 2.38. The molecule has 94 valence electrons. The van der Waals surface area contributed by atoms with E-state index in [4.69, 9.17) is 17.3 Å². The maximum Gasteiger partial charge on any atom is 0.0453 e. The van der Waals surface area contributed by atoms with E-state index >= 15 is 0 Å². The molecule has 1 aromatic rings. The van der Waals surface area contributed by atoms with E-state index in [2.05, 4.69) is 13.0 Å². The van der Waals surface area contributed by atoms with Crippen molar-refractivity contribution in [3.05, 3.63) is 34.9 Å². The second-order valence-corrected chi connectivity index (χ2v) is 5.57. The fourth-order valence-corrected chi connectivity index (χ4v) is 3.45. The standard InChI is InChI=1S/C15H22ClN/c1-2-11-7-3-4-8-12(11)15(17)13-9-5-6-10-14(13)16/h5-6,9-12,15H,2-4,7-8,17H2,1H3. The zero-order valence-corrected chi connectivity index (χ0v) is 11.3. The van der Waals surface area contributed by atoms with Gasteiger partial charge in [0, 0.05) is 11.1 Å². The van der Waals surface area contributed by atoms with Crippen molar-refractivity contribution in [3.63, 3.8) is 0 Å². The molecule has 0 saturated heterocycles. The van der Waals surface area contributed by atoms with E-state index in [1.54, 1.807) is 0 Å². The predicted molar refractivity (Wildman–Crippen MR) is 74.1 cm³/mol. The van der Waals surface area contributed by atoms with Crippen molar-refractivity contribution in [2.75, 3.05) is 0 Å². The van der Waals surface area contributed by atoms with Crippen LogP contribution in [0.15, 0.2) is 24.3 Å². The van der Waals surface area contributed by atoms with E-state index in [1.807, 2.05) is 18.2 Å². The van der Waals surface area contributed by atoms with Crippen LogP contribution < -0.4 is 5.73 Å². The Kier molecular flexibility index (Phi) is 4.47. The van der Waals surface area contributed by atoms with Gasteiger partial charge in [0.15, 0.2) is 0 Å². The molecule has 0 aromatic heterocycles. The van der Waals surface area contributed by atoms with Crippen molar-refractivity contribution in [3.8, 4) is 0 Å². The summed E-state index contributed by atoms with van der Waals surface area (Å²) in [6, 6.07) is 8.13. The van der Waals surface area contributed by atoms with Gasteiger partial charge >= 0.3 is 0 Å². The van der Waals surface area contributed by atoms with Gasteiger partial charge in [0.05, 0.1) is 0 Å². The van der Waals surface area contributed by atoms with Gasteiger partial charge in [-0.05, 0) is 29.9 Å². The van der Waals surface area contributed by atoms with Gasteiger partial charge in [0.1, 0.15) is 0 Å². The second-order valence-electron chi connectivity index (χ2n) is 5.16. The highest BCUT2D eigenvalue weighted by Crippen LogP contribution is 2.40. The Morgan fingerprint density at radius 1 is 1.29 bits per heavy atom. The molecule has 0 heterocycles. The molecule has 1 saturated carbocycles. The number of rotatable bonds is 3. The Balaban J connectivity index is 2.18. The summed E-state index contributed by atoms with van der Waals surface area (Å²) in [4.78, 5) is 0. The fraction of sp³-hybridized carbons (Fsp3) is 0.600. The second kappa shape index (κ2) is 5.88. The van der Waals surface area contributed by atoms with Crippen LogP contribution >= 0.6 is 11.6 Å². The Hall–Kier alpha value is -0.530. The average molecular weight is 252 g/mol. The molecule has 2 N–H and O–H groups in total. The molecule has 2 rings (SSSR count). The number of nitrogens with two attached hydrogens (primary N) is 1. The lowest BCUT2D eigenvalue weighted by Gasteiger charge is -2.35. The molecule has 1 fully saturated rings. The number of hydrogen-bond donors (Lipinski definition) is 1. The van der Waals surface area contributed by atoms with E-state index in [-0.39, 0.29) is 6.04 Å². The summed E-state index contributed by atoms with van der Waals surface area (Å²) in [5.41, 5.74) is 7.58. The Bertz CT molecular complexity index is 364. The minimum absolute atomic E-state index is 0.106. The van der Waals surface area contributed by atoms with E-state index in [1.165, 1.54) is 32.1 Å². The van der Waals surface area contributed by atoms with Crippen LogP contribution in [0.25, 0.3) is 0 Å². The molecule has 3 atom stereocenters. The van der Waals surface area contributed by atoms with Gasteiger partial charge in [0.25, 0.3) is 0 Å². The molecule has 0 aliphatic heterocycles. The van der Waals surface area contributed by atoms with Gasteiger partial charge < -0.3 is 5.73 Å². The highest BCUT2D eigenvalue weighted by Gasteiger charge is 2.30. The molecule has 1 aliphatic carbocycles. The summed E-state index contributed by atoms with van der Waals surface area (Å²) in [5.74, 6) is 1.38. The van der Waals surface area contributed by atoms with Gasteiger partial charge in [-0.2, -0.15) is 0 Å². The fourth-order valence-electron chi connectivity index (χ4n) is 3.19. The third kappa shape index (κ3) is 2.83. The first-order chi connectivity index (χ1) is 8.24. The molecule has 17 heavy (non-hydrogen) atoms. The van der Waals surface area contributed by atoms with E-state index in [0.717, 1.165) is 16.5 Å². The number of hydrogen-bond acceptors (Lipinski definition) is 1. The third-order valence-corrected chi connectivity index (χ3v) is 4.56. The van der Waals surface area contributed by atoms with Crippen LogP contribution in [0.4, 0.5) is 0 Å². The topological polar surface area (TPSA) is 26.0 Å². The Morgan fingerprint density at radius 3 is 2.71 bits per heavy atom. The molecule has 0 bridgehead atoms. The molecule has 2 heteroatoms. The zero-order chi connectivity index (χ0) is 12.3. The molecular weight excluding hydrogens is 230 g/mol. The summed E-state index contributed by atoms with van der Waals surface area (Å²) in [5, 5.41) is 0.820. The zero-order valence-electron chi connectivity index (χ0n) is 10.5. The lowest BCUT2D eigenvalue weighted by atomic mass is 9.72. The SMILES string of the molecule is CCC1CCCCC1C(N)c1ccccc1Cl. The van der Waals surface area contributed by atoms with Crippen LogP contribution in [0.3, 0.4) is 0 Å². The largest absolute Gasteiger partial charge is 0.324 e. The first-order valence-corrected chi connectivity index (χ1v) is 7.11. The maximum atomic E-state index is 6.45. The van der Waals surface area contributed by atoms with Gasteiger partial charge in [-0.3, -0.25) is 0 Å². The van der Waals surface area contributed by atoms with Gasteiger partial charge in [-0.15, -0.1) is 0 Å². The van der Waals surface area contributed by atoms with Gasteiger partial charge in [-0.25, -0.2) is 0 Å². The number of halogens is 1. The normalized spacial score (nSPS) is 26.8. The molecule has 0 amide bonds. The van der Waals surface area contributed by atoms with E-state index in [9.17, 15) is 0 Å². The highest BCUT2D eigenvalue weighted by molar-refractivity contribution is 6.31. The monoisotopic (exact) mass is 251 g/mol. The first-order valence-electron chi connectivity index (χ1n) is 6.74. The van der Waals surface area contributed by atoms with Crippen LogP contribution in [0.2, 0.25) is 5.02 Å². The molecule has 3 unspecified atom stereocenters. The molecule has 0 spiro atoms. The van der Waals surface area contributed by atoms with Crippen LogP contribution in [0.5, 0.6) is 0 Å². The molecule has 1 nitrogen and oxygen atoms in total. The van der Waals surface area contributed by atoms with Crippen molar-refractivity contribution in [2.45, 2.75) is 45.1 Å². The van der Waals surface area contributed by atoms with Crippen LogP contribution in [-0.4, -0.2) is 0 Å². The Labute approximate surface area is 109 Å². The van der Waals surface area contributed by atoms with Crippen molar-refractivity contribution in [1.82, 2.24) is 0 Å². The summed E-state index contributed by atoms with van der Waals surface area (Å²) in [7, 11) is 0. The maximum absolute atomic E-state index is 6.45. The van der Waals surface area contributed by atoms with Crippen molar-refractivity contribution < 1.29 is 0 Å². The lowest BCUT2D eigenvalue weighted by Crippen LogP contribution is -2.30. The minimum atomic E-state index is 0.106. The van der Waals surface area contributed by atoms with Crippen LogP contribution in [0, 0.1) is 11.8 Å². The molecule has 0 radical (unpaired) electrons. The smallest absolute Gasteiger partial charge is 0.0453 e. The Morgan fingerprint density at radius 2 is 2.00 bits per heavy atom. The summed E-state index contributed by atoms with van der Waals surface area (Å²) < 4.78 is 0. The van der Waals surface area contributed by atoms with Gasteiger partial charge in [0.2, 0.25) is 0 Å². The van der Waals surface area contributed by atoms with E-state index < -0.39 is 0 Å². The van der Waals surface area contributed by atoms with Crippen LogP contribution in [-0.2, 0) is 0 Å². The molecular formula is C15H22ClN. The first kappa shape index (κ1) is 12.9. The van der Waals surface area contributed by atoms with Gasteiger partial charge in [-0.1, -0.05) is 62.4 Å². The van der Waals surface area contributed by atoms with Crippen molar-refractivity contribution >= 4 is 11.6 Å². The summed E-state index contributed by atoms with van der Waals surface area (Å²) in [6.07, 6.45) is 6.51. The quantitative estimate of drug-likeness (QED) is 0.838. The number of benzene rings is 1. The van der Waals surface area contributed by atoms with Crippen molar-refractivity contribution in [1.29, 1.82) is 0 Å². The lowest BCUT2D eigenvalue weighted by molar-refractivity contribution is 0.196.